The minimum Gasteiger partial charge on any atom is -0.377 e. The Labute approximate surface area is 105 Å². The van der Waals surface area contributed by atoms with E-state index in [1.165, 1.54) is 44.1 Å². The van der Waals surface area contributed by atoms with E-state index in [1.54, 1.807) is 0 Å². The Morgan fingerprint density at radius 3 is 3.06 bits per heavy atom. The highest BCUT2D eigenvalue weighted by Crippen LogP contribution is 2.60. The molecule has 0 aromatic rings. The molecule has 0 unspecified atom stereocenters. The highest BCUT2D eigenvalue weighted by atomic mass is 16.5. The third kappa shape index (κ3) is 1.62. The van der Waals surface area contributed by atoms with E-state index in [9.17, 15) is 0 Å². The fourth-order valence-electron chi connectivity index (χ4n) is 4.74. The Morgan fingerprint density at radius 2 is 2.24 bits per heavy atom. The first kappa shape index (κ1) is 11.5. The summed E-state index contributed by atoms with van der Waals surface area (Å²) < 4.78 is 6.14. The van der Waals surface area contributed by atoms with Crippen molar-refractivity contribution < 1.29 is 4.74 Å². The summed E-state index contributed by atoms with van der Waals surface area (Å²) in [6.45, 7) is 9.23. The molecule has 1 spiro atoms. The van der Waals surface area contributed by atoms with Crippen molar-refractivity contribution in [3.63, 3.8) is 0 Å². The van der Waals surface area contributed by atoms with E-state index in [1.807, 2.05) is 6.08 Å². The average Bonchev–Trinajstić information content (AvgIpc) is 2.70. The minimum absolute atomic E-state index is 0.376. The number of hydrogen-bond acceptors (Lipinski definition) is 1. The zero-order valence-corrected chi connectivity index (χ0v) is 10.8. The molecule has 0 N–H and O–H groups in total. The van der Waals surface area contributed by atoms with Gasteiger partial charge in [-0.2, -0.15) is 0 Å². The summed E-state index contributed by atoms with van der Waals surface area (Å²) in [5, 5.41) is 0. The fourth-order valence-corrected chi connectivity index (χ4v) is 4.74. The molecule has 0 aromatic heterocycles. The second-order valence-corrected chi connectivity index (χ2v) is 6.22. The average molecular weight is 232 g/mol. The van der Waals surface area contributed by atoms with E-state index in [4.69, 9.17) is 4.74 Å². The van der Waals surface area contributed by atoms with Gasteiger partial charge in [-0.05, 0) is 38.0 Å². The van der Waals surface area contributed by atoms with Gasteiger partial charge in [0.2, 0.25) is 0 Å². The van der Waals surface area contributed by atoms with Gasteiger partial charge in [0.25, 0.3) is 0 Å². The molecule has 1 aliphatic heterocycles. The lowest BCUT2D eigenvalue weighted by molar-refractivity contribution is 0.0322. The van der Waals surface area contributed by atoms with Gasteiger partial charge in [-0.3, -0.25) is 0 Å². The second-order valence-electron chi connectivity index (χ2n) is 6.22. The summed E-state index contributed by atoms with van der Waals surface area (Å²) in [6, 6.07) is 0. The molecule has 3 rings (SSSR count). The Bertz CT molecular complexity index is 332. The van der Waals surface area contributed by atoms with Gasteiger partial charge >= 0.3 is 0 Å². The molecular weight excluding hydrogens is 208 g/mol. The molecule has 2 aliphatic carbocycles. The molecule has 94 valence electrons. The monoisotopic (exact) mass is 232 g/mol. The lowest BCUT2D eigenvalue weighted by Crippen LogP contribution is -2.45. The maximum absolute atomic E-state index is 6.14. The van der Waals surface area contributed by atoms with Crippen molar-refractivity contribution in [1.29, 1.82) is 0 Å². The third-order valence-electron chi connectivity index (χ3n) is 5.47. The molecule has 1 heteroatoms. The Morgan fingerprint density at radius 1 is 1.35 bits per heavy atom. The van der Waals surface area contributed by atoms with Crippen LogP contribution in [0, 0.1) is 17.3 Å². The number of hydrogen-bond donors (Lipinski definition) is 0. The zero-order valence-electron chi connectivity index (χ0n) is 10.8. The van der Waals surface area contributed by atoms with E-state index >= 15 is 0 Å². The van der Waals surface area contributed by atoms with Crippen LogP contribution in [0.1, 0.15) is 44.9 Å². The van der Waals surface area contributed by atoms with Crippen molar-refractivity contribution in [2.45, 2.75) is 51.0 Å². The molecule has 1 heterocycles. The quantitative estimate of drug-likeness (QED) is 0.651. The van der Waals surface area contributed by atoms with Crippen LogP contribution in [0.25, 0.3) is 0 Å². The van der Waals surface area contributed by atoms with E-state index in [2.05, 4.69) is 13.2 Å². The van der Waals surface area contributed by atoms with Crippen LogP contribution in [0.3, 0.4) is 0 Å². The van der Waals surface area contributed by atoms with E-state index < -0.39 is 0 Å². The van der Waals surface area contributed by atoms with Gasteiger partial charge in [-0.25, -0.2) is 0 Å². The van der Waals surface area contributed by atoms with Crippen LogP contribution in [0.5, 0.6) is 0 Å². The first-order valence-corrected chi connectivity index (χ1v) is 7.18. The second kappa shape index (κ2) is 4.28. The van der Waals surface area contributed by atoms with Gasteiger partial charge in [-0.15, -0.1) is 6.58 Å². The van der Waals surface area contributed by atoms with Gasteiger partial charge < -0.3 is 4.74 Å². The molecule has 0 radical (unpaired) electrons. The van der Waals surface area contributed by atoms with Crippen LogP contribution in [0.2, 0.25) is 0 Å². The van der Waals surface area contributed by atoms with Crippen LogP contribution in [-0.2, 0) is 4.74 Å². The highest BCUT2D eigenvalue weighted by molar-refractivity contribution is 5.19. The maximum Gasteiger partial charge on any atom is 0.0681 e. The molecule has 0 amide bonds. The summed E-state index contributed by atoms with van der Waals surface area (Å²) in [5.41, 5.74) is 1.92. The molecule has 1 saturated heterocycles. The highest BCUT2D eigenvalue weighted by Gasteiger charge is 2.56. The summed E-state index contributed by atoms with van der Waals surface area (Å²) in [6.07, 6.45) is 11.6. The lowest BCUT2D eigenvalue weighted by Gasteiger charge is -2.49. The summed E-state index contributed by atoms with van der Waals surface area (Å²) in [7, 11) is 0. The van der Waals surface area contributed by atoms with Crippen molar-refractivity contribution in [3.8, 4) is 0 Å². The van der Waals surface area contributed by atoms with Gasteiger partial charge in [0.05, 0.1) is 12.7 Å². The third-order valence-corrected chi connectivity index (χ3v) is 5.47. The first-order valence-electron chi connectivity index (χ1n) is 7.18. The summed E-state index contributed by atoms with van der Waals surface area (Å²) in [4.78, 5) is 0. The predicted octanol–water partition coefficient (Wildman–Crippen LogP) is 4.10. The Balaban J connectivity index is 1.92. The molecule has 4 atom stereocenters. The Kier molecular flexibility index (Phi) is 2.90. The summed E-state index contributed by atoms with van der Waals surface area (Å²) in [5.74, 6) is 1.53. The fraction of sp³-hybridized carbons (Fsp3) is 0.750. The van der Waals surface area contributed by atoms with Crippen molar-refractivity contribution in [2.75, 3.05) is 6.61 Å². The maximum atomic E-state index is 6.14. The SMILES string of the molecule is C=CC[C@H]1OC[C@]23CCCC[C@@H]2CCC(=C)[C@H]13. The standard InChI is InChI=1S/C16H24O/c1-3-6-14-15-12(2)8-9-13-7-4-5-10-16(13,15)11-17-14/h3,13-15H,1-2,4-11H2/t13-,14-,15-,16-/m1/s1. The largest absolute Gasteiger partial charge is 0.377 e. The zero-order chi connectivity index (χ0) is 11.9. The van der Waals surface area contributed by atoms with Crippen molar-refractivity contribution in [2.24, 2.45) is 17.3 Å². The van der Waals surface area contributed by atoms with Gasteiger partial charge in [0, 0.05) is 11.3 Å². The van der Waals surface area contributed by atoms with Crippen molar-refractivity contribution >= 4 is 0 Å². The molecule has 2 saturated carbocycles. The minimum atomic E-state index is 0.376. The van der Waals surface area contributed by atoms with Crippen LogP contribution < -0.4 is 0 Å². The molecule has 3 fully saturated rings. The van der Waals surface area contributed by atoms with Gasteiger partial charge in [0.1, 0.15) is 0 Å². The van der Waals surface area contributed by atoms with Crippen LogP contribution in [0.4, 0.5) is 0 Å². The Hall–Kier alpha value is -0.560. The van der Waals surface area contributed by atoms with Crippen molar-refractivity contribution in [1.82, 2.24) is 0 Å². The molecule has 3 aliphatic rings. The number of rotatable bonds is 2. The van der Waals surface area contributed by atoms with Crippen LogP contribution >= 0.6 is 0 Å². The molecule has 1 nitrogen and oxygen atoms in total. The molecule has 0 aromatic carbocycles. The van der Waals surface area contributed by atoms with Crippen LogP contribution in [-0.4, -0.2) is 12.7 Å². The normalized spacial score (nSPS) is 45.2. The number of ether oxygens (including phenoxy) is 1. The lowest BCUT2D eigenvalue weighted by atomic mass is 9.53. The van der Waals surface area contributed by atoms with E-state index in [0.29, 0.717) is 17.4 Å². The topological polar surface area (TPSA) is 9.23 Å². The predicted molar refractivity (Wildman–Crippen MR) is 70.8 cm³/mol. The van der Waals surface area contributed by atoms with Crippen LogP contribution in [0.15, 0.2) is 24.8 Å². The summed E-state index contributed by atoms with van der Waals surface area (Å²) >= 11 is 0. The van der Waals surface area contributed by atoms with E-state index in [0.717, 1.165) is 18.9 Å². The van der Waals surface area contributed by atoms with Crippen molar-refractivity contribution in [3.05, 3.63) is 24.8 Å². The van der Waals surface area contributed by atoms with E-state index in [-0.39, 0.29) is 0 Å². The first-order chi connectivity index (χ1) is 8.28. The molecular formula is C16H24O. The molecule has 17 heavy (non-hydrogen) atoms. The molecule has 0 bridgehead atoms. The van der Waals surface area contributed by atoms with Gasteiger partial charge in [-0.1, -0.05) is 31.1 Å². The van der Waals surface area contributed by atoms with Gasteiger partial charge in [0.15, 0.2) is 0 Å². The smallest absolute Gasteiger partial charge is 0.0681 e.